The molecule has 128 valence electrons. The van der Waals surface area contributed by atoms with Crippen molar-refractivity contribution in [3.8, 4) is 11.5 Å². The molecule has 5 heteroatoms. The summed E-state index contributed by atoms with van der Waals surface area (Å²) in [7, 11) is 4.80. The fourth-order valence-corrected chi connectivity index (χ4v) is 2.11. The summed E-state index contributed by atoms with van der Waals surface area (Å²) in [5.41, 5.74) is 2.02. The average Bonchev–Trinajstić information content (AvgIpc) is 2.64. The van der Waals surface area contributed by atoms with Gasteiger partial charge in [-0.3, -0.25) is 4.99 Å². The van der Waals surface area contributed by atoms with Gasteiger partial charge < -0.3 is 18.9 Å². The quantitative estimate of drug-likeness (QED) is 0.523. The van der Waals surface area contributed by atoms with E-state index in [0.29, 0.717) is 24.7 Å². The molecule has 0 atom stereocenters. The lowest BCUT2D eigenvalue weighted by Gasteiger charge is -2.12. The smallest absolute Gasteiger partial charge is 0.176 e. The van der Waals surface area contributed by atoms with Gasteiger partial charge in [-0.2, -0.15) is 0 Å². The summed E-state index contributed by atoms with van der Waals surface area (Å²) >= 11 is 0. The van der Waals surface area contributed by atoms with Gasteiger partial charge in [0.1, 0.15) is 6.61 Å². The van der Waals surface area contributed by atoms with Crippen molar-refractivity contribution in [2.45, 2.75) is 12.9 Å². The van der Waals surface area contributed by atoms with Gasteiger partial charge in [0.15, 0.2) is 17.8 Å². The Morgan fingerprint density at radius 1 is 0.958 bits per heavy atom. The first kappa shape index (κ1) is 18.0. The average molecular weight is 329 g/mol. The lowest BCUT2D eigenvalue weighted by molar-refractivity contribution is -0.0936. The van der Waals surface area contributed by atoms with Gasteiger partial charge in [0.2, 0.25) is 0 Å². The second kappa shape index (κ2) is 9.70. The fraction of sp³-hybridized carbons (Fsp3) is 0.316. The third kappa shape index (κ3) is 5.37. The van der Waals surface area contributed by atoms with Gasteiger partial charge >= 0.3 is 0 Å². The van der Waals surface area contributed by atoms with Crippen LogP contribution in [0.25, 0.3) is 0 Å². The normalized spacial score (nSPS) is 11.2. The molecule has 0 heterocycles. The van der Waals surface area contributed by atoms with Crippen LogP contribution in [0.4, 0.5) is 0 Å². The largest absolute Gasteiger partial charge is 0.493 e. The predicted octanol–water partition coefficient (Wildman–Crippen LogP) is 3.31. The van der Waals surface area contributed by atoms with Gasteiger partial charge in [-0.05, 0) is 29.3 Å². The SMILES string of the molecule is COc1ccc(/C=N/CC(OC)OC)cc1OCc1ccccc1. The molecule has 0 saturated heterocycles. The number of hydrogen-bond donors (Lipinski definition) is 0. The maximum atomic E-state index is 5.89. The summed E-state index contributed by atoms with van der Waals surface area (Å²) < 4.78 is 21.5. The second-order valence-electron chi connectivity index (χ2n) is 5.08. The van der Waals surface area contributed by atoms with E-state index < -0.39 is 0 Å². The Hall–Kier alpha value is -2.37. The molecule has 0 aliphatic rings. The third-order valence-corrected chi connectivity index (χ3v) is 3.45. The van der Waals surface area contributed by atoms with E-state index in [1.54, 1.807) is 27.5 Å². The van der Waals surface area contributed by atoms with E-state index in [1.807, 2.05) is 48.5 Å². The first-order valence-corrected chi connectivity index (χ1v) is 7.67. The summed E-state index contributed by atoms with van der Waals surface area (Å²) in [5.74, 6) is 1.37. The molecule has 0 aromatic heterocycles. The van der Waals surface area contributed by atoms with Crippen LogP contribution in [0.15, 0.2) is 53.5 Å². The highest BCUT2D eigenvalue weighted by Gasteiger charge is 2.06. The van der Waals surface area contributed by atoms with Gasteiger partial charge in [0, 0.05) is 20.4 Å². The van der Waals surface area contributed by atoms with E-state index in [-0.39, 0.29) is 6.29 Å². The first-order valence-electron chi connectivity index (χ1n) is 7.67. The molecule has 0 N–H and O–H groups in total. The van der Waals surface area contributed by atoms with Crippen molar-refractivity contribution in [3.05, 3.63) is 59.7 Å². The maximum Gasteiger partial charge on any atom is 0.176 e. The van der Waals surface area contributed by atoms with Crippen LogP contribution in [-0.2, 0) is 16.1 Å². The number of benzene rings is 2. The van der Waals surface area contributed by atoms with E-state index in [1.165, 1.54) is 0 Å². The molecule has 2 rings (SSSR count). The molecule has 24 heavy (non-hydrogen) atoms. The first-order chi connectivity index (χ1) is 11.8. The molecule has 0 unspecified atom stereocenters. The minimum atomic E-state index is -0.340. The van der Waals surface area contributed by atoms with E-state index in [9.17, 15) is 0 Å². The highest BCUT2D eigenvalue weighted by Crippen LogP contribution is 2.28. The molecular formula is C19H23NO4. The Balaban J connectivity index is 2.05. The van der Waals surface area contributed by atoms with Crippen LogP contribution in [0.1, 0.15) is 11.1 Å². The molecule has 2 aromatic rings. The van der Waals surface area contributed by atoms with Crippen molar-refractivity contribution in [2.75, 3.05) is 27.9 Å². The van der Waals surface area contributed by atoms with Crippen molar-refractivity contribution in [1.29, 1.82) is 0 Å². The Bertz CT molecular complexity index is 639. The van der Waals surface area contributed by atoms with Gasteiger partial charge in [-0.1, -0.05) is 30.3 Å². The Morgan fingerprint density at radius 2 is 1.71 bits per heavy atom. The standard InChI is InChI=1S/C19H23NO4/c1-21-17-10-9-16(12-20-13-19(22-2)23-3)11-18(17)24-14-15-7-5-4-6-8-15/h4-12,19H,13-14H2,1-3H3/b20-12+. The molecule has 0 bridgehead atoms. The summed E-state index contributed by atoms with van der Waals surface area (Å²) in [5, 5.41) is 0. The number of ether oxygens (including phenoxy) is 4. The number of methoxy groups -OCH3 is 3. The minimum Gasteiger partial charge on any atom is -0.493 e. The van der Waals surface area contributed by atoms with Crippen molar-refractivity contribution >= 4 is 6.21 Å². The van der Waals surface area contributed by atoms with E-state index in [4.69, 9.17) is 18.9 Å². The van der Waals surface area contributed by atoms with E-state index >= 15 is 0 Å². The second-order valence-corrected chi connectivity index (χ2v) is 5.08. The number of aliphatic imine (C=N–C) groups is 1. The number of rotatable bonds is 9. The molecule has 0 fully saturated rings. The lowest BCUT2D eigenvalue weighted by Crippen LogP contribution is -2.16. The zero-order chi connectivity index (χ0) is 17.2. The topological polar surface area (TPSA) is 49.3 Å². The molecule has 0 spiro atoms. The number of hydrogen-bond acceptors (Lipinski definition) is 5. The molecular weight excluding hydrogens is 306 g/mol. The molecule has 2 aromatic carbocycles. The van der Waals surface area contributed by atoms with Crippen LogP contribution in [0, 0.1) is 0 Å². The van der Waals surface area contributed by atoms with Gasteiger partial charge in [0.25, 0.3) is 0 Å². The van der Waals surface area contributed by atoms with Gasteiger partial charge in [-0.15, -0.1) is 0 Å². The Kier molecular flexibility index (Phi) is 7.26. The van der Waals surface area contributed by atoms with Crippen molar-refractivity contribution in [3.63, 3.8) is 0 Å². The number of nitrogens with zero attached hydrogens (tertiary/aromatic N) is 1. The monoisotopic (exact) mass is 329 g/mol. The summed E-state index contributed by atoms with van der Waals surface area (Å²) in [6, 6.07) is 15.7. The fourth-order valence-electron chi connectivity index (χ4n) is 2.11. The zero-order valence-electron chi connectivity index (χ0n) is 14.3. The summed E-state index contributed by atoms with van der Waals surface area (Å²) in [6.07, 6.45) is 1.42. The van der Waals surface area contributed by atoms with Gasteiger partial charge in [-0.25, -0.2) is 0 Å². The van der Waals surface area contributed by atoms with Crippen LogP contribution < -0.4 is 9.47 Å². The molecule has 0 amide bonds. The molecule has 0 aliphatic heterocycles. The Labute approximate surface area is 142 Å². The van der Waals surface area contributed by atoms with E-state index in [0.717, 1.165) is 11.1 Å². The highest BCUT2D eigenvalue weighted by atomic mass is 16.7. The van der Waals surface area contributed by atoms with Crippen LogP contribution in [0.3, 0.4) is 0 Å². The van der Waals surface area contributed by atoms with Crippen molar-refractivity contribution in [2.24, 2.45) is 4.99 Å². The highest BCUT2D eigenvalue weighted by molar-refractivity contribution is 5.80. The molecule has 0 aliphatic carbocycles. The molecule has 5 nitrogen and oxygen atoms in total. The predicted molar refractivity (Wildman–Crippen MR) is 94.0 cm³/mol. The summed E-state index contributed by atoms with van der Waals surface area (Å²) in [6.45, 7) is 0.909. The van der Waals surface area contributed by atoms with Crippen LogP contribution in [0.5, 0.6) is 11.5 Å². The molecule has 0 radical (unpaired) electrons. The van der Waals surface area contributed by atoms with Crippen LogP contribution in [0.2, 0.25) is 0 Å². The van der Waals surface area contributed by atoms with Gasteiger partial charge in [0.05, 0.1) is 13.7 Å². The summed E-state index contributed by atoms with van der Waals surface area (Å²) in [4.78, 5) is 4.33. The zero-order valence-corrected chi connectivity index (χ0v) is 14.3. The third-order valence-electron chi connectivity index (χ3n) is 3.45. The lowest BCUT2D eigenvalue weighted by atomic mass is 10.2. The Morgan fingerprint density at radius 3 is 2.38 bits per heavy atom. The van der Waals surface area contributed by atoms with Crippen LogP contribution >= 0.6 is 0 Å². The minimum absolute atomic E-state index is 0.340. The maximum absolute atomic E-state index is 5.89. The van der Waals surface area contributed by atoms with Crippen LogP contribution in [-0.4, -0.2) is 40.4 Å². The van der Waals surface area contributed by atoms with Crippen molar-refractivity contribution in [1.82, 2.24) is 0 Å². The van der Waals surface area contributed by atoms with Crippen molar-refractivity contribution < 1.29 is 18.9 Å². The molecule has 0 saturated carbocycles. The van der Waals surface area contributed by atoms with E-state index in [2.05, 4.69) is 4.99 Å².